The van der Waals surface area contributed by atoms with E-state index in [0.717, 1.165) is 20.8 Å². The standard InChI is InChI=1S/C54H91N3O41/c1-12(65)55-23-32(74)41(93-53-39(81)45(30(72)19(8-62)90-53)97-49-24(56-13(2)66)43(28(70)17(6-60)86-49)95-51-37(79)33(75)26(68)15(4-58)88-51)21(10-64)91-48(23)84-11-22-31(73)46(40(82)54(92-22)94-42-20(9-63)85-47(83)36(78)35(42)77)98-50-25(57-14(3)67)44(29(71)18(7-61)87-50)96-52-38(80)34(76)27(69)16(5-59)89-52/h15-54,58-64,68-83H,4-11H2,1-3H3,(H,55,65)(H,56,66)(H,57,67). The van der Waals surface area contributed by atoms with Gasteiger partial charge in [0.2, 0.25) is 17.7 Å². The van der Waals surface area contributed by atoms with E-state index < -0.39 is 316 Å². The average molecular weight is 1440 g/mol. The summed E-state index contributed by atoms with van der Waals surface area (Å²) in [5.41, 5.74) is 0. The Labute approximate surface area is 554 Å². The van der Waals surface area contributed by atoms with E-state index in [2.05, 4.69) is 16.0 Å². The van der Waals surface area contributed by atoms with Gasteiger partial charge in [0.25, 0.3) is 0 Å². The minimum atomic E-state index is -2.36. The van der Waals surface area contributed by atoms with Gasteiger partial charge in [0.1, 0.15) is 195 Å². The molecule has 0 aromatic heterocycles. The highest BCUT2D eigenvalue weighted by molar-refractivity contribution is 5.74. The van der Waals surface area contributed by atoms with Gasteiger partial charge in [0.05, 0.1) is 52.9 Å². The average Bonchev–Trinajstić information content (AvgIpc) is 0.774. The highest BCUT2D eigenvalue weighted by Crippen LogP contribution is 2.39. The van der Waals surface area contributed by atoms with Crippen LogP contribution in [0.2, 0.25) is 0 Å². The Kier molecular flexibility index (Phi) is 28.9. The third-order valence-corrected chi connectivity index (χ3v) is 17.8. The van der Waals surface area contributed by atoms with Crippen molar-refractivity contribution < 1.29 is 203 Å². The molecule has 0 aromatic carbocycles. The topological polar surface area (TPSA) is 691 Å². The van der Waals surface area contributed by atoms with E-state index in [1.807, 2.05) is 0 Å². The SMILES string of the molecule is CC(=O)NC1C(OCC2OC(OC3C(CO)OC(O)C(O)C3O)C(O)C(OC3OC(CO)C(O)C(OC4OC(CO)C(O)C(O)C4O)C3NC(C)=O)C2O)OC(CO)C(OC2OC(CO)C(O)C(OC3OC(CO)C(O)C(OC4OC(CO)C(O)C(O)C4O)C3NC(C)=O)C2O)C1O. The zero-order valence-electron chi connectivity index (χ0n) is 52.4. The quantitative estimate of drug-likeness (QED) is 0.0404. The molecule has 98 heavy (non-hydrogen) atoms. The molecule has 44 nitrogen and oxygen atoms in total. The Bertz CT molecular complexity index is 2510. The smallest absolute Gasteiger partial charge is 0.217 e. The van der Waals surface area contributed by atoms with Gasteiger partial charge in [-0.25, -0.2) is 0 Å². The molecule has 8 aliphatic rings. The lowest BCUT2D eigenvalue weighted by atomic mass is 9.94. The number of nitrogens with one attached hydrogen (secondary N) is 3. The first-order valence-corrected chi connectivity index (χ1v) is 31.1. The van der Waals surface area contributed by atoms with Crippen molar-refractivity contribution in [3.05, 3.63) is 0 Å². The Morgan fingerprint density at radius 3 is 0.939 bits per heavy atom. The van der Waals surface area contributed by atoms with Crippen molar-refractivity contribution in [1.29, 1.82) is 0 Å². The third kappa shape index (κ3) is 17.5. The van der Waals surface area contributed by atoms with Crippen LogP contribution < -0.4 is 16.0 Å². The molecule has 0 saturated carbocycles. The lowest BCUT2D eigenvalue weighted by molar-refractivity contribution is -0.385. The van der Waals surface area contributed by atoms with Gasteiger partial charge in [-0.1, -0.05) is 0 Å². The molecule has 568 valence electrons. The van der Waals surface area contributed by atoms with Crippen LogP contribution in [-0.2, 0) is 85.4 Å². The Morgan fingerprint density at radius 1 is 0.265 bits per heavy atom. The van der Waals surface area contributed by atoms with Gasteiger partial charge in [0.15, 0.2) is 50.3 Å². The second-order valence-electron chi connectivity index (χ2n) is 24.6. The maximum Gasteiger partial charge on any atom is 0.217 e. The normalized spacial score (nSPS) is 49.5. The molecule has 8 saturated heterocycles. The van der Waals surface area contributed by atoms with E-state index in [1.165, 1.54) is 0 Å². The molecule has 0 aromatic rings. The van der Waals surface area contributed by atoms with Crippen LogP contribution >= 0.6 is 0 Å². The first kappa shape index (κ1) is 80.6. The van der Waals surface area contributed by atoms with E-state index in [0.29, 0.717) is 0 Å². The van der Waals surface area contributed by atoms with Crippen molar-refractivity contribution in [2.75, 3.05) is 52.9 Å². The minimum Gasteiger partial charge on any atom is -0.394 e. The number of ether oxygens (including phenoxy) is 15. The maximum atomic E-state index is 12.9. The fourth-order valence-corrected chi connectivity index (χ4v) is 12.6. The lowest BCUT2D eigenvalue weighted by Gasteiger charge is -2.50. The highest BCUT2D eigenvalue weighted by atomic mass is 16.8. The monoisotopic (exact) mass is 1440 g/mol. The number of carbonyl (C=O) groups excluding carboxylic acids is 3. The first-order chi connectivity index (χ1) is 46.4. The van der Waals surface area contributed by atoms with Crippen molar-refractivity contribution in [3.63, 3.8) is 0 Å². The van der Waals surface area contributed by atoms with Crippen molar-refractivity contribution in [3.8, 4) is 0 Å². The molecule has 0 spiro atoms. The molecule has 8 aliphatic heterocycles. The van der Waals surface area contributed by atoms with Crippen LogP contribution in [0.5, 0.6) is 0 Å². The number of carbonyl (C=O) groups is 3. The van der Waals surface area contributed by atoms with Crippen LogP contribution in [0.1, 0.15) is 20.8 Å². The van der Waals surface area contributed by atoms with Crippen LogP contribution in [0.15, 0.2) is 0 Å². The van der Waals surface area contributed by atoms with Crippen LogP contribution in [0.25, 0.3) is 0 Å². The number of rotatable bonds is 25. The minimum absolute atomic E-state index is 0.878. The highest BCUT2D eigenvalue weighted by Gasteiger charge is 2.60. The molecule has 8 rings (SSSR count). The van der Waals surface area contributed by atoms with Gasteiger partial charge >= 0.3 is 0 Å². The molecular weight excluding hydrogens is 1350 g/mol. The molecule has 40 unspecified atom stereocenters. The second kappa shape index (κ2) is 35.1. The zero-order chi connectivity index (χ0) is 72.2. The van der Waals surface area contributed by atoms with Crippen LogP contribution in [0.4, 0.5) is 0 Å². The van der Waals surface area contributed by atoms with Crippen LogP contribution in [0, 0.1) is 0 Å². The van der Waals surface area contributed by atoms with E-state index in [4.69, 9.17) is 71.1 Å². The number of aliphatic hydroxyl groups is 23. The predicted octanol–water partition coefficient (Wildman–Crippen LogP) is -18.0. The van der Waals surface area contributed by atoms with Gasteiger partial charge in [0, 0.05) is 20.8 Å². The molecule has 44 heteroatoms. The Morgan fingerprint density at radius 2 is 0.551 bits per heavy atom. The second-order valence-corrected chi connectivity index (χ2v) is 24.6. The predicted molar refractivity (Wildman–Crippen MR) is 299 cm³/mol. The first-order valence-electron chi connectivity index (χ1n) is 31.1. The van der Waals surface area contributed by atoms with Crippen molar-refractivity contribution in [2.45, 2.75) is 266 Å². The van der Waals surface area contributed by atoms with Gasteiger partial charge in [-0.15, -0.1) is 0 Å². The Balaban J connectivity index is 1.05. The summed E-state index contributed by atoms with van der Waals surface area (Å²) in [4.78, 5) is 38.6. The molecule has 0 aliphatic carbocycles. The maximum absolute atomic E-state index is 12.9. The zero-order valence-corrected chi connectivity index (χ0v) is 52.4. The number of hydrogen-bond acceptors (Lipinski definition) is 41. The molecule has 0 bridgehead atoms. The molecule has 40 atom stereocenters. The fourth-order valence-electron chi connectivity index (χ4n) is 12.6. The fraction of sp³-hybridized carbons (Fsp3) is 0.944. The van der Waals surface area contributed by atoms with Gasteiger partial charge in [-0.3, -0.25) is 14.4 Å². The molecule has 8 heterocycles. The number of aliphatic hydroxyl groups excluding tert-OH is 23. The number of amides is 3. The van der Waals surface area contributed by atoms with E-state index in [9.17, 15) is 132 Å². The molecule has 8 fully saturated rings. The summed E-state index contributed by atoms with van der Waals surface area (Å²) in [6, 6.07) is -5.51. The summed E-state index contributed by atoms with van der Waals surface area (Å²) in [6.45, 7) is -5.37. The van der Waals surface area contributed by atoms with Gasteiger partial charge in [-0.2, -0.15) is 0 Å². The van der Waals surface area contributed by atoms with Crippen molar-refractivity contribution in [2.24, 2.45) is 0 Å². The molecule has 3 amide bonds. The van der Waals surface area contributed by atoms with Gasteiger partial charge < -0.3 is 204 Å². The summed E-state index contributed by atoms with van der Waals surface area (Å²) < 4.78 is 87.2. The summed E-state index contributed by atoms with van der Waals surface area (Å²) in [7, 11) is 0. The van der Waals surface area contributed by atoms with Crippen molar-refractivity contribution in [1.82, 2.24) is 16.0 Å². The molecule has 26 N–H and O–H groups in total. The van der Waals surface area contributed by atoms with Crippen molar-refractivity contribution >= 4 is 17.7 Å². The Hall–Kier alpha value is -3.11. The number of hydrogen-bond donors (Lipinski definition) is 26. The van der Waals surface area contributed by atoms with Crippen LogP contribution in [0.3, 0.4) is 0 Å². The largest absolute Gasteiger partial charge is 0.394 e. The summed E-state index contributed by atoms with van der Waals surface area (Å²) in [5.74, 6) is -2.71. The van der Waals surface area contributed by atoms with E-state index in [-0.39, 0.29) is 0 Å². The molecular formula is C54H91N3O41. The summed E-state index contributed by atoms with van der Waals surface area (Å²) in [6.07, 6.45) is -74.1. The van der Waals surface area contributed by atoms with Gasteiger partial charge in [-0.05, 0) is 0 Å². The summed E-state index contributed by atoms with van der Waals surface area (Å²) in [5, 5.41) is 257. The van der Waals surface area contributed by atoms with Crippen LogP contribution in [-0.4, -0.2) is 433 Å². The lowest BCUT2D eigenvalue weighted by Crippen LogP contribution is -2.70. The third-order valence-electron chi connectivity index (χ3n) is 17.8. The van der Waals surface area contributed by atoms with E-state index in [1.54, 1.807) is 0 Å². The van der Waals surface area contributed by atoms with E-state index >= 15 is 0 Å². The summed E-state index contributed by atoms with van der Waals surface area (Å²) >= 11 is 0. The molecule has 0 radical (unpaired) electrons.